The number of aromatic nitrogens is 1. The molecule has 78 valence electrons. The molecule has 1 heterocycles. The molecule has 3 nitrogen and oxygen atoms in total. The van der Waals surface area contributed by atoms with E-state index in [4.69, 9.17) is 5.73 Å². The number of aliphatic hydroxyl groups excluding tert-OH is 1. The minimum absolute atomic E-state index is 0.153. The third-order valence-corrected chi connectivity index (χ3v) is 4.19. The fourth-order valence-corrected chi connectivity index (χ4v) is 3.10. The zero-order valence-corrected chi connectivity index (χ0v) is 9.18. The van der Waals surface area contributed by atoms with Crippen LogP contribution in [0.2, 0.25) is 0 Å². The van der Waals surface area contributed by atoms with Crippen LogP contribution >= 0.6 is 11.3 Å². The largest absolute Gasteiger partial charge is 0.393 e. The van der Waals surface area contributed by atoms with E-state index >= 15 is 0 Å². The van der Waals surface area contributed by atoms with Crippen LogP contribution < -0.4 is 5.73 Å². The van der Waals surface area contributed by atoms with Crippen molar-refractivity contribution in [2.45, 2.75) is 44.2 Å². The van der Waals surface area contributed by atoms with Crippen molar-refractivity contribution < 1.29 is 5.11 Å². The Morgan fingerprint density at radius 3 is 2.71 bits per heavy atom. The lowest BCUT2D eigenvalue weighted by molar-refractivity contribution is 0.0977. The van der Waals surface area contributed by atoms with Gasteiger partial charge in [0.2, 0.25) is 0 Å². The van der Waals surface area contributed by atoms with Gasteiger partial charge in [-0.2, -0.15) is 0 Å². The number of aliphatic hydroxyl groups is 1. The Balaban J connectivity index is 2.21. The lowest BCUT2D eigenvalue weighted by Gasteiger charge is -2.35. The van der Waals surface area contributed by atoms with Crippen LogP contribution in [0.1, 0.15) is 36.3 Å². The molecule has 4 heteroatoms. The van der Waals surface area contributed by atoms with E-state index in [1.165, 1.54) is 4.88 Å². The molecule has 2 rings (SSSR count). The van der Waals surface area contributed by atoms with Gasteiger partial charge in [0.15, 0.2) is 0 Å². The molecule has 3 N–H and O–H groups in total. The summed E-state index contributed by atoms with van der Waals surface area (Å²) in [5.41, 5.74) is 9.02. The molecule has 1 saturated carbocycles. The standard InChI is InChI=1S/C10H16N2OS/c1-7-9(14-6-12-7)10(11)4-2-8(13)3-5-10/h6,8,13H,2-5,11H2,1H3. The van der Waals surface area contributed by atoms with E-state index in [2.05, 4.69) is 4.98 Å². The lowest BCUT2D eigenvalue weighted by Crippen LogP contribution is -2.41. The predicted octanol–water partition coefficient (Wildman–Crippen LogP) is 1.54. The van der Waals surface area contributed by atoms with Gasteiger partial charge < -0.3 is 10.8 Å². The molecule has 0 amide bonds. The minimum atomic E-state index is -0.232. The molecule has 1 aromatic heterocycles. The number of hydrogen-bond acceptors (Lipinski definition) is 4. The van der Waals surface area contributed by atoms with Crippen LogP contribution in [0.15, 0.2) is 5.51 Å². The van der Waals surface area contributed by atoms with Crippen LogP contribution in [-0.2, 0) is 5.54 Å². The topological polar surface area (TPSA) is 59.1 Å². The zero-order valence-electron chi connectivity index (χ0n) is 8.36. The van der Waals surface area contributed by atoms with Crippen molar-refractivity contribution in [3.63, 3.8) is 0 Å². The maximum Gasteiger partial charge on any atom is 0.0798 e. The molecule has 0 aliphatic heterocycles. The molecule has 14 heavy (non-hydrogen) atoms. The fraction of sp³-hybridized carbons (Fsp3) is 0.700. The minimum Gasteiger partial charge on any atom is -0.393 e. The molecule has 0 radical (unpaired) electrons. The van der Waals surface area contributed by atoms with Crippen LogP contribution in [0.3, 0.4) is 0 Å². The Morgan fingerprint density at radius 1 is 1.57 bits per heavy atom. The van der Waals surface area contributed by atoms with E-state index in [1.54, 1.807) is 11.3 Å². The molecule has 1 aliphatic carbocycles. The fourth-order valence-electron chi connectivity index (χ4n) is 2.12. The maximum atomic E-state index is 9.44. The van der Waals surface area contributed by atoms with Crippen molar-refractivity contribution in [1.29, 1.82) is 0 Å². The molecule has 0 spiro atoms. The van der Waals surface area contributed by atoms with Crippen LogP contribution in [0, 0.1) is 6.92 Å². The number of rotatable bonds is 1. The molecular weight excluding hydrogens is 196 g/mol. The highest BCUT2D eigenvalue weighted by atomic mass is 32.1. The van der Waals surface area contributed by atoms with E-state index in [-0.39, 0.29) is 11.6 Å². The van der Waals surface area contributed by atoms with Gasteiger partial charge in [0.05, 0.1) is 22.8 Å². The summed E-state index contributed by atoms with van der Waals surface area (Å²) in [7, 11) is 0. The van der Waals surface area contributed by atoms with Crippen LogP contribution in [0.25, 0.3) is 0 Å². The van der Waals surface area contributed by atoms with Crippen molar-refractivity contribution in [2.24, 2.45) is 5.73 Å². The number of nitrogens with two attached hydrogens (primary N) is 1. The molecule has 1 aromatic rings. The summed E-state index contributed by atoms with van der Waals surface area (Å²) < 4.78 is 0. The SMILES string of the molecule is Cc1ncsc1C1(N)CCC(O)CC1. The van der Waals surface area contributed by atoms with E-state index in [0.717, 1.165) is 31.4 Å². The average molecular weight is 212 g/mol. The van der Waals surface area contributed by atoms with Gasteiger partial charge in [-0.1, -0.05) is 0 Å². The van der Waals surface area contributed by atoms with Crippen molar-refractivity contribution in [3.05, 3.63) is 16.1 Å². The van der Waals surface area contributed by atoms with Gasteiger partial charge in [0.25, 0.3) is 0 Å². The molecule has 1 fully saturated rings. The van der Waals surface area contributed by atoms with Gasteiger partial charge in [-0.05, 0) is 32.6 Å². The highest BCUT2D eigenvalue weighted by Gasteiger charge is 2.34. The van der Waals surface area contributed by atoms with E-state index in [9.17, 15) is 5.11 Å². The second-order valence-corrected chi connectivity index (χ2v) is 5.01. The normalized spacial score (nSPS) is 33.2. The van der Waals surface area contributed by atoms with E-state index < -0.39 is 0 Å². The van der Waals surface area contributed by atoms with Gasteiger partial charge in [-0.3, -0.25) is 0 Å². The first-order chi connectivity index (χ1) is 6.62. The molecule has 0 aromatic carbocycles. The van der Waals surface area contributed by atoms with Crippen molar-refractivity contribution >= 4 is 11.3 Å². The lowest BCUT2D eigenvalue weighted by atomic mass is 9.80. The number of hydrogen-bond donors (Lipinski definition) is 2. The third-order valence-electron chi connectivity index (χ3n) is 3.05. The third kappa shape index (κ3) is 1.69. The van der Waals surface area contributed by atoms with Crippen LogP contribution in [0.4, 0.5) is 0 Å². The maximum absolute atomic E-state index is 9.44. The van der Waals surface area contributed by atoms with Gasteiger partial charge >= 0.3 is 0 Å². The summed E-state index contributed by atoms with van der Waals surface area (Å²) in [5, 5.41) is 9.44. The van der Waals surface area contributed by atoms with Gasteiger partial charge in [-0.25, -0.2) is 4.98 Å². The van der Waals surface area contributed by atoms with E-state index in [1.807, 2.05) is 12.4 Å². The summed E-state index contributed by atoms with van der Waals surface area (Å²) in [4.78, 5) is 5.43. The predicted molar refractivity (Wildman–Crippen MR) is 57.2 cm³/mol. The van der Waals surface area contributed by atoms with Crippen LogP contribution in [0.5, 0.6) is 0 Å². The Bertz CT molecular complexity index is 316. The first-order valence-electron chi connectivity index (χ1n) is 4.99. The monoisotopic (exact) mass is 212 g/mol. The Kier molecular flexibility index (Phi) is 2.60. The first-order valence-corrected chi connectivity index (χ1v) is 5.87. The Hall–Kier alpha value is -0.450. The highest BCUT2D eigenvalue weighted by Crippen LogP contribution is 2.38. The van der Waals surface area contributed by atoms with E-state index in [0.29, 0.717) is 0 Å². The quantitative estimate of drug-likeness (QED) is 0.742. The van der Waals surface area contributed by atoms with Crippen molar-refractivity contribution in [2.75, 3.05) is 0 Å². The number of thiazole rings is 1. The number of nitrogens with zero attached hydrogens (tertiary/aromatic N) is 1. The molecule has 0 atom stereocenters. The molecule has 1 aliphatic rings. The number of aryl methyl sites for hydroxylation is 1. The summed E-state index contributed by atoms with van der Waals surface area (Å²) in [6, 6.07) is 0. The summed E-state index contributed by atoms with van der Waals surface area (Å²) in [5.74, 6) is 0. The Morgan fingerprint density at radius 2 is 2.21 bits per heavy atom. The first kappa shape index (κ1) is 10.1. The second-order valence-electron chi connectivity index (χ2n) is 4.15. The zero-order chi connectivity index (χ0) is 10.2. The average Bonchev–Trinajstić information content (AvgIpc) is 2.58. The molecule has 0 bridgehead atoms. The van der Waals surface area contributed by atoms with Crippen LogP contribution in [-0.4, -0.2) is 16.2 Å². The van der Waals surface area contributed by atoms with Gasteiger partial charge in [0, 0.05) is 4.88 Å². The van der Waals surface area contributed by atoms with Crippen molar-refractivity contribution in [1.82, 2.24) is 4.98 Å². The molecule has 0 unspecified atom stereocenters. The van der Waals surface area contributed by atoms with Gasteiger partial charge in [0.1, 0.15) is 0 Å². The summed E-state index contributed by atoms with van der Waals surface area (Å²) >= 11 is 1.64. The molecule has 0 saturated heterocycles. The second kappa shape index (κ2) is 3.61. The Labute approximate surface area is 88.0 Å². The van der Waals surface area contributed by atoms with Gasteiger partial charge in [-0.15, -0.1) is 11.3 Å². The smallest absolute Gasteiger partial charge is 0.0798 e. The van der Waals surface area contributed by atoms with Crippen molar-refractivity contribution in [3.8, 4) is 0 Å². The molecular formula is C10H16N2OS. The summed E-state index contributed by atoms with van der Waals surface area (Å²) in [6.45, 7) is 2.01. The summed E-state index contributed by atoms with van der Waals surface area (Å²) in [6.07, 6.45) is 3.22. The highest BCUT2D eigenvalue weighted by molar-refractivity contribution is 7.09.